The third-order valence-corrected chi connectivity index (χ3v) is 7.75. The molecule has 1 aliphatic rings. The topological polar surface area (TPSA) is 84.0 Å². The quantitative estimate of drug-likeness (QED) is 0.566. The zero-order valence-corrected chi connectivity index (χ0v) is 19.6. The van der Waals surface area contributed by atoms with E-state index in [2.05, 4.69) is 0 Å². The Kier molecular flexibility index (Phi) is 8.28. The smallest absolute Gasteiger partial charge is 0.338 e. The van der Waals surface area contributed by atoms with Crippen molar-refractivity contribution in [3.63, 3.8) is 0 Å². The summed E-state index contributed by atoms with van der Waals surface area (Å²) >= 11 is 6.17. The molecule has 172 valence electrons. The van der Waals surface area contributed by atoms with Crippen LogP contribution in [0.3, 0.4) is 0 Å². The van der Waals surface area contributed by atoms with Crippen molar-refractivity contribution < 1.29 is 22.7 Å². The van der Waals surface area contributed by atoms with Crippen LogP contribution in [0.2, 0.25) is 5.02 Å². The van der Waals surface area contributed by atoms with E-state index in [0.29, 0.717) is 19.6 Å². The molecule has 0 unspecified atom stereocenters. The van der Waals surface area contributed by atoms with Crippen LogP contribution in [-0.2, 0) is 26.1 Å². The molecule has 1 fully saturated rings. The zero-order chi connectivity index (χ0) is 23.1. The van der Waals surface area contributed by atoms with Crippen molar-refractivity contribution in [1.29, 1.82) is 0 Å². The van der Waals surface area contributed by atoms with Gasteiger partial charge < -0.3 is 9.64 Å². The van der Waals surface area contributed by atoms with Gasteiger partial charge in [0.15, 0.2) is 6.61 Å². The van der Waals surface area contributed by atoms with Gasteiger partial charge in [-0.1, -0.05) is 54.8 Å². The van der Waals surface area contributed by atoms with Crippen LogP contribution in [0.1, 0.15) is 41.6 Å². The first-order valence-corrected chi connectivity index (χ1v) is 12.4. The van der Waals surface area contributed by atoms with Gasteiger partial charge in [-0.15, -0.1) is 0 Å². The number of hydrogen-bond acceptors (Lipinski definition) is 5. The number of nitrogens with zero attached hydrogens (tertiary/aromatic N) is 2. The van der Waals surface area contributed by atoms with Gasteiger partial charge in [-0.3, -0.25) is 4.79 Å². The van der Waals surface area contributed by atoms with E-state index in [1.54, 1.807) is 7.05 Å². The number of benzene rings is 2. The van der Waals surface area contributed by atoms with Crippen LogP contribution in [0.25, 0.3) is 0 Å². The summed E-state index contributed by atoms with van der Waals surface area (Å²) < 4.78 is 32.7. The molecule has 0 atom stereocenters. The SMILES string of the molecule is CN(Cc1ccccc1)C(=O)COC(=O)c1ccc(Cl)c(S(=O)(=O)N2CCCCCC2)c1. The van der Waals surface area contributed by atoms with Gasteiger partial charge in [0.1, 0.15) is 4.90 Å². The lowest BCUT2D eigenvalue weighted by Gasteiger charge is -2.21. The Hall–Kier alpha value is -2.42. The van der Waals surface area contributed by atoms with Crippen molar-refractivity contribution in [2.24, 2.45) is 0 Å². The zero-order valence-electron chi connectivity index (χ0n) is 18.0. The van der Waals surface area contributed by atoms with Gasteiger partial charge in [0.2, 0.25) is 10.0 Å². The minimum Gasteiger partial charge on any atom is -0.452 e. The standard InChI is InChI=1S/C23H27ClN2O5S/c1-25(16-18-9-5-4-6-10-18)22(27)17-31-23(28)19-11-12-20(24)21(15-19)32(29,30)26-13-7-2-3-8-14-26/h4-6,9-12,15H,2-3,7-8,13-14,16-17H2,1H3. The van der Waals surface area contributed by atoms with Crippen molar-refractivity contribution in [2.45, 2.75) is 37.1 Å². The van der Waals surface area contributed by atoms with Gasteiger partial charge in [-0.2, -0.15) is 4.31 Å². The van der Waals surface area contributed by atoms with E-state index in [4.69, 9.17) is 16.3 Å². The molecule has 1 heterocycles. The fourth-order valence-corrected chi connectivity index (χ4v) is 5.53. The largest absolute Gasteiger partial charge is 0.452 e. The van der Waals surface area contributed by atoms with Crippen molar-refractivity contribution in [3.05, 3.63) is 64.7 Å². The van der Waals surface area contributed by atoms with Gasteiger partial charge in [0.05, 0.1) is 10.6 Å². The average molecular weight is 479 g/mol. The molecule has 2 aromatic carbocycles. The molecule has 3 rings (SSSR count). The molecule has 32 heavy (non-hydrogen) atoms. The number of sulfonamides is 1. The highest BCUT2D eigenvalue weighted by molar-refractivity contribution is 7.89. The number of halogens is 1. The summed E-state index contributed by atoms with van der Waals surface area (Å²) in [4.78, 5) is 26.2. The molecule has 0 radical (unpaired) electrons. The van der Waals surface area contributed by atoms with Crippen LogP contribution < -0.4 is 0 Å². The molecule has 1 saturated heterocycles. The predicted molar refractivity (Wildman–Crippen MR) is 122 cm³/mol. The second-order valence-corrected chi connectivity index (χ2v) is 10.1. The molecular formula is C23H27ClN2O5S. The molecular weight excluding hydrogens is 452 g/mol. The van der Waals surface area contributed by atoms with E-state index in [1.807, 2.05) is 30.3 Å². The maximum Gasteiger partial charge on any atom is 0.338 e. The third-order valence-electron chi connectivity index (χ3n) is 5.36. The highest BCUT2D eigenvalue weighted by Gasteiger charge is 2.28. The molecule has 7 nitrogen and oxygen atoms in total. The van der Waals surface area contributed by atoms with Gasteiger partial charge in [-0.25, -0.2) is 13.2 Å². The maximum atomic E-state index is 13.1. The summed E-state index contributed by atoms with van der Waals surface area (Å²) in [7, 11) is -2.21. The van der Waals surface area contributed by atoms with Crippen LogP contribution in [0.5, 0.6) is 0 Å². The molecule has 0 spiro atoms. The lowest BCUT2D eigenvalue weighted by Crippen LogP contribution is -2.32. The van der Waals surface area contributed by atoms with Crippen molar-refractivity contribution >= 4 is 33.5 Å². The number of amides is 1. The number of rotatable bonds is 7. The highest BCUT2D eigenvalue weighted by atomic mass is 35.5. The highest BCUT2D eigenvalue weighted by Crippen LogP contribution is 2.28. The van der Waals surface area contributed by atoms with Crippen LogP contribution in [-0.4, -0.2) is 56.2 Å². The molecule has 0 N–H and O–H groups in total. The lowest BCUT2D eigenvalue weighted by atomic mass is 10.2. The van der Waals surface area contributed by atoms with Crippen LogP contribution in [0, 0.1) is 0 Å². The first-order valence-electron chi connectivity index (χ1n) is 10.5. The second-order valence-electron chi connectivity index (χ2n) is 7.78. The van der Waals surface area contributed by atoms with E-state index >= 15 is 0 Å². The Morgan fingerprint density at radius 2 is 1.69 bits per heavy atom. The average Bonchev–Trinajstić information content (AvgIpc) is 3.08. The molecule has 0 aromatic heterocycles. The lowest BCUT2D eigenvalue weighted by molar-refractivity contribution is -0.133. The fourth-order valence-electron chi connectivity index (χ4n) is 3.52. The Morgan fingerprint density at radius 1 is 1.03 bits per heavy atom. The number of likely N-dealkylation sites (N-methyl/N-ethyl adjacent to an activating group) is 1. The molecule has 9 heteroatoms. The number of esters is 1. The van der Waals surface area contributed by atoms with Gasteiger partial charge in [0.25, 0.3) is 5.91 Å². The minimum absolute atomic E-state index is 0.0290. The Bertz CT molecular complexity index is 1050. The predicted octanol–water partition coefficient (Wildman–Crippen LogP) is 3.72. The summed E-state index contributed by atoms with van der Waals surface area (Å²) in [5.41, 5.74) is 0.983. The second kappa shape index (κ2) is 10.9. The van der Waals surface area contributed by atoms with E-state index in [9.17, 15) is 18.0 Å². The number of carbonyl (C=O) groups is 2. The van der Waals surface area contributed by atoms with Gasteiger partial charge in [0, 0.05) is 26.7 Å². The van der Waals surface area contributed by atoms with Gasteiger partial charge >= 0.3 is 5.97 Å². The normalized spacial score (nSPS) is 15.1. The fraction of sp³-hybridized carbons (Fsp3) is 0.391. The van der Waals surface area contributed by atoms with E-state index < -0.39 is 22.6 Å². The first kappa shape index (κ1) is 24.2. The molecule has 0 aliphatic carbocycles. The number of ether oxygens (including phenoxy) is 1. The Labute approximate surface area is 194 Å². The van der Waals surface area contributed by atoms with Crippen LogP contribution in [0.15, 0.2) is 53.4 Å². The minimum atomic E-state index is -3.83. The van der Waals surface area contributed by atoms with Crippen LogP contribution >= 0.6 is 11.6 Å². The van der Waals surface area contributed by atoms with Gasteiger partial charge in [-0.05, 0) is 36.6 Å². The molecule has 2 aromatic rings. The molecule has 0 saturated carbocycles. The summed E-state index contributed by atoms with van der Waals surface area (Å²) in [5, 5.41) is 0.0458. The number of hydrogen-bond donors (Lipinski definition) is 0. The summed E-state index contributed by atoms with van der Waals surface area (Å²) in [6.07, 6.45) is 3.55. The summed E-state index contributed by atoms with van der Waals surface area (Å²) in [6.45, 7) is 0.792. The van der Waals surface area contributed by atoms with Crippen molar-refractivity contribution in [3.8, 4) is 0 Å². The van der Waals surface area contributed by atoms with Crippen molar-refractivity contribution in [2.75, 3.05) is 26.7 Å². The molecule has 0 bridgehead atoms. The van der Waals surface area contributed by atoms with E-state index in [1.165, 1.54) is 27.4 Å². The van der Waals surface area contributed by atoms with E-state index in [-0.39, 0.29) is 21.4 Å². The Morgan fingerprint density at radius 3 is 2.34 bits per heavy atom. The van der Waals surface area contributed by atoms with Crippen molar-refractivity contribution in [1.82, 2.24) is 9.21 Å². The van der Waals surface area contributed by atoms with Crippen LogP contribution in [0.4, 0.5) is 0 Å². The molecule has 1 aliphatic heterocycles. The first-order chi connectivity index (χ1) is 15.3. The number of carbonyl (C=O) groups excluding carboxylic acids is 2. The summed E-state index contributed by atoms with van der Waals surface area (Å²) in [6, 6.07) is 13.4. The Balaban J connectivity index is 1.66. The summed E-state index contributed by atoms with van der Waals surface area (Å²) in [5.74, 6) is -1.15. The monoisotopic (exact) mass is 478 g/mol. The third kappa shape index (κ3) is 6.09. The molecule has 1 amide bonds. The maximum absolute atomic E-state index is 13.1. The van der Waals surface area contributed by atoms with E-state index in [0.717, 1.165) is 31.2 Å².